The van der Waals surface area contributed by atoms with E-state index in [2.05, 4.69) is 39.5 Å². The number of thiazole rings is 1. The van der Waals surface area contributed by atoms with Gasteiger partial charge in [-0.25, -0.2) is 4.98 Å². The van der Waals surface area contributed by atoms with Crippen molar-refractivity contribution in [3.8, 4) is 0 Å². The van der Waals surface area contributed by atoms with Crippen molar-refractivity contribution in [3.05, 3.63) is 46.4 Å². The molecule has 1 atom stereocenters. The first-order valence-electron chi connectivity index (χ1n) is 5.78. The monoisotopic (exact) mass is 245 g/mol. The summed E-state index contributed by atoms with van der Waals surface area (Å²) in [6.45, 7) is 1.77. The second-order valence-corrected chi connectivity index (χ2v) is 5.17. The molecule has 0 saturated carbocycles. The molecule has 1 unspecified atom stereocenters. The molecule has 0 bridgehead atoms. The maximum atomic E-state index is 6.11. The van der Waals surface area contributed by atoms with Crippen molar-refractivity contribution < 1.29 is 0 Å². The Labute approximate surface area is 105 Å². The van der Waals surface area contributed by atoms with E-state index in [1.807, 2.05) is 5.51 Å². The van der Waals surface area contributed by atoms with Crippen LogP contribution in [0.3, 0.4) is 0 Å². The van der Waals surface area contributed by atoms with Gasteiger partial charge in [-0.1, -0.05) is 18.2 Å². The van der Waals surface area contributed by atoms with Gasteiger partial charge in [-0.2, -0.15) is 0 Å². The number of nitrogens with zero attached hydrogens (tertiary/aromatic N) is 2. The summed E-state index contributed by atoms with van der Waals surface area (Å²) in [6.07, 6.45) is 0.976. The first kappa shape index (κ1) is 10.7. The summed E-state index contributed by atoms with van der Waals surface area (Å²) in [5, 5.41) is 2.10. The average Bonchev–Trinajstić information content (AvgIpc) is 2.81. The number of fused-ring (bicyclic) bond motifs is 1. The molecule has 3 rings (SSSR count). The van der Waals surface area contributed by atoms with E-state index in [1.54, 1.807) is 11.3 Å². The lowest BCUT2D eigenvalue weighted by Crippen LogP contribution is -2.42. The third-order valence-corrected chi connectivity index (χ3v) is 3.74. The van der Waals surface area contributed by atoms with Crippen LogP contribution in [-0.2, 0) is 13.0 Å². The Morgan fingerprint density at radius 2 is 2.29 bits per heavy atom. The number of hydrogen-bond donors (Lipinski definition) is 1. The number of aromatic nitrogens is 1. The standard InChI is InChI=1S/C13H15N3S/c14-11-5-10-3-1-2-4-13(10)16(6-11)7-12-8-17-9-15-12/h1-4,8-9,11H,5-7,14H2. The zero-order valence-corrected chi connectivity index (χ0v) is 10.4. The van der Waals surface area contributed by atoms with Crippen molar-refractivity contribution in [1.82, 2.24) is 4.98 Å². The summed E-state index contributed by atoms with van der Waals surface area (Å²) in [6, 6.07) is 8.74. The van der Waals surface area contributed by atoms with Gasteiger partial charge in [-0.3, -0.25) is 0 Å². The molecule has 2 aromatic rings. The summed E-state index contributed by atoms with van der Waals surface area (Å²) < 4.78 is 0. The molecule has 1 aliphatic rings. The summed E-state index contributed by atoms with van der Waals surface area (Å²) in [4.78, 5) is 6.68. The number of benzene rings is 1. The van der Waals surface area contributed by atoms with Gasteiger partial charge in [0, 0.05) is 23.7 Å². The van der Waals surface area contributed by atoms with Crippen LogP contribution in [0.15, 0.2) is 35.2 Å². The fraction of sp³-hybridized carbons (Fsp3) is 0.308. The van der Waals surface area contributed by atoms with Crippen LogP contribution in [0.4, 0.5) is 5.69 Å². The van der Waals surface area contributed by atoms with Crippen molar-refractivity contribution in [2.24, 2.45) is 5.73 Å². The number of rotatable bonds is 2. The molecule has 0 saturated heterocycles. The van der Waals surface area contributed by atoms with E-state index in [1.165, 1.54) is 11.3 Å². The Bertz CT molecular complexity index is 495. The molecular formula is C13H15N3S. The van der Waals surface area contributed by atoms with Gasteiger partial charge in [0.05, 0.1) is 17.7 Å². The quantitative estimate of drug-likeness (QED) is 0.880. The number of para-hydroxylation sites is 1. The van der Waals surface area contributed by atoms with Gasteiger partial charge in [0.1, 0.15) is 0 Å². The molecular weight excluding hydrogens is 230 g/mol. The lowest BCUT2D eigenvalue weighted by Gasteiger charge is -2.34. The second-order valence-electron chi connectivity index (χ2n) is 4.45. The van der Waals surface area contributed by atoms with E-state index >= 15 is 0 Å². The van der Waals surface area contributed by atoms with Crippen LogP contribution in [0, 0.1) is 0 Å². The van der Waals surface area contributed by atoms with E-state index in [0.717, 1.165) is 25.2 Å². The minimum absolute atomic E-state index is 0.225. The highest BCUT2D eigenvalue weighted by Gasteiger charge is 2.21. The largest absolute Gasteiger partial charge is 0.364 e. The maximum absolute atomic E-state index is 6.11. The highest BCUT2D eigenvalue weighted by Crippen LogP contribution is 2.27. The lowest BCUT2D eigenvalue weighted by atomic mass is 9.98. The van der Waals surface area contributed by atoms with Crippen LogP contribution in [0.5, 0.6) is 0 Å². The van der Waals surface area contributed by atoms with Gasteiger partial charge < -0.3 is 10.6 Å². The van der Waals surface area contributed by atoms with Crippen LogP contribution < -0.4 is 10.6 Å². The molecule has 1 aliphatic heterocycles. The van der Waals surface area contributed by atoms with Crippen LogP contribution in [0.1, 0.15) is 11.3 Å². The molecule has 17 heavy (non-hydrogen) atoms. The molecule has 3 nitrogen and oxygen atoms in total. The molecule has 0 radical (unpaired) electrons. The molecule has 2 heterocycles. The van der Waals surface area contributed by atoms with Crippen LogP contribution >= 0.6 is 11.3 Å². The van der Waals surface area contributed by atoms with Gasteiger partial charge >= 0.3 is 0 Å². The van der Waals surface area contributed by atoms with Crippen LogP contribution in [0.2, 0.25) is 0 Å². The minimum Gasteiger partial charge on any atom is -0.364 e. The first-order valence-corrected chi connectivity index (χ1v) is 6.73. The Morgan fingerprint density at radius 1 is 1.41 bits per heavy atom. The smallest absolute Gasteiger partial charge is 0.0795 e. The Morgan fingerprint density at radius 3 is 3.12 bits per heavy atom. The maximum Gasteiger partial charge on any atom is 0.0795 e. The summed E-state index contributed by atoms with van der Waals surface area (Å²) >= 11 is 1.64. The van der Waals surface area contributed by atoms with Crippen molar-refractivity contribution in [1.29, 1.82) is 0 Å². The van der Waals surface area contributed by atoms with Gasteiger partial charge in [0.15, 0.2) is 0 Å². The third-order valence-electron chi connectivity index (χ3n) is 3.11. The Hall–Kier alpha value is -1.39. The fourth-order valence-electron chi connectivity index (χ4n) is 2.38. The Kier molecular flexibility index (Phi) is 2.82. The molecule has 0 fully saturated rings. The predicted octanol–water partition coefficient (Wildman–Crippen LogP) is 2.03. The molecule has 0 aliphatic carbocycles. The van der Waals surface area contributed by atoms with Crippen molar-refractivity contribution in [3.63, 3.8) is 0 Å². The van der Waals surface area contributed by atoms with Gasteiger partial charge in [0.2, 0.25) is 0 Å². The molecule has 0 amide bonds. The molecule has 1 aromatic carbocycles. The topological polar surface area (TPSA) is 42.1 Å². The average molecular weight is 245 g/mol. The molecule has 1 aromatic heterocycles. The highest BCUT2D eigenvalue weighted by atomic mass is 32.1. The minimum atomic E-state index is 0.225. The van der Waals surface area contributed by atoms with E-state index in [-0.39, 0.29) is 6.04 Å². The molecule has 0 spiro atoms. The summed E-state index contributed by atoms with van der Waals surface area (Å²) in [5.41, 5.74) is 11.8. The summed E-state index contributed by atoms with van der Waals surface area (Å²) in [7, 11) is 0. The van der Waals surface area contributed by atoms with E-state index in [4.69, 9.17) is 5.73 Å². The van der Waals surface area contributed by atoms with Crippen LogP contribution in [-0.4, -0.2) is 17.6 Å². The lowest BCUT2D eigenvalue weighted by molar-refractivity contribution is 0.596. The molecule has 4 heteroatoms. The SMILES string of the molecule is NC1Cc2ccccc2N(Cc2cscn2)C1. The van der Waals surface area contributed by atoms with Crippen molar-refractivity contribution >= 4 is 17.0 Å². The van der Waals surface area contributed by atoms with Gasteiger partial charge in [-0.05, 0) is 18.1 Å². The fourth-order valence-corrected chi connectivity index (χ4v) is 2.93. The zero-order valence-electron chi connectivity index (χ0n) is 9.54. The van der Waals surface area contributed by atoms with Gasteiger partial charge in [0.25, 0.3) is 0 Å². The van der Waals surface area contributed by atoms with Crippen molar-refractivity contribution in [2.45, 2.75) is 19.0 Å². The van der Waals surface area contributed by atoms with E-state index in [9.17, 15) is 0 Å². The zero-order chi connectivity index (χ0) is 11.7. The van der Waals surface area contributed by atoms with Gasteiger partial charge in [-0.15, -0.1) is 11.3 Å². The second kappa shape index (κ2) is 4.47. The number of hydrogen-bond acceptors (Lipinski definition) is 4. The summed E-state index contributed by atoms with van der Waals surface area (Å²) in [5.74, 6) is 0. The first-order chi connectivity index (χ1) is 8.33. The van der Waals surface area contributed by atoms with E-state index in [0.29, 0.717) is 0 Å². The number of nitrogens with two attached hydrogens (primary N) is 1. The third kappa shape index (κ3) is 2.18. The van der Waals surface area contributed by atoms with Crippen LogP contribution in [0.25, 0.3) is 0 Å². The Balaban J connectivity index is 1.90. The number of anilines is 1. The molecule has 2 N–H and O–H groups in total. The molecule has 88 valence electrons. The predicted molar refractivity (Wildman–Crippen MR) is 71.3 cm³/mol. The van der Waals surface area contributed by atoms with E-state index < -0.39 is 0 Å². The van der Waals surface area contributed by atoms with Crippen molar-refractivity contribution in [2.75, 3.05) is 11.4 Å². The highest BCUT2D eigenvalue weighted by molar-refractivity contribution is 7.07. The normalized spacial score (nSPS) is 19.1.